The van der Waals surface area contributed by atoms with Crippen LogP contribution in [0.1, 0.15) is 5.69 Å². The zero-order valence-corrected chi connectivity index (χ0v) is 7.51. The predicted molar refractivity (Wildman–Crippen MR) is 51.9 cm³/mol. The molecule has 0 aliphatic rings. The number of hydrogen-bond acceptors (Lipinski definition) is 2. The molecule has 0 atom stereocenters. The molecule has 1 aromatic carbocycles. The first-order chi connectivity index (χ1) is 6.33. The van der Waals surface area contributed by atoms with Crippen LogP contribution in [0.15, 0.2) is 29.1 Å². The first-order valence-corrected chi connectivity index (χ1v) is 4.38. The van der Waals surface area contributed by atoms with E-state index in [0.717, 1.165) is 5.39 Å². The average Bonchev–Trinajstić information content (AvgIpc) is 2.19. The molecule has 0 bridgehead atoms. The molecule has 4 heteroatoms. The normalized spacial score (nSPS) is 10.5. The van der Waals surface area contributed by atoms with Crippen molar-refractivity contribution in [2.75, 3.05) is 0 Å². The number of nitrogens with zero attached hydrogens (tertiary/aromatic N) is 1. The molecule has 1 heterocycles. The van der Waals surface area contributed by atoms with Crippen LogP contribution in [0.4, 0.5) is 0 Å². The zero-order chi connectivity index (χ0) is 9.26. The lowest BCUT2D eigenvalue weighted by molar-refractivity contribution is 0.961. The van der Waals surface area contributed by atoms with Crippen molar-refractivity contribution < 1.29 is 0 Å². The molecule has 0 saturated heterocycles. The molecular weight excluding hydrogens is 188 g/mol. The second kappa shape index (κ2) is 3.18. The van der Waals surface area contributed by atoms with Gasteiger partial charge in [-0.05, 0) is 6.07 Å². The average molecular weight is 195 g/mol. The Morgan fingerprint density at radius 2 is 2.00 bits per heavy atom. The molecule has 66 valence electrons. The van der Waals surface area contributed by atoms with Gasteiger partial charge in [-0.25, -0.2) is 5.10 Å². The molecule has 0 amide bonds. The summed E-state index contributed by atoms with van der Waals surface area (Å²) in [5.41, 5.74) is 0.529. The number of aromatic nitrogens is 2. The van der Waals surface area contributed by atoms with Gasteiger partial charge in [0, 0.05) is 5.39 Å². The van der Waals surface area contributed by atoms with E-state index >= 15 is 0 Å². The highest BCUT2D eigenvalue weighted by molar-refractivity contribution is 6.17. The van der Waals surface area contributed by atoms with E-state index in [9.17, 15) is 4.79 Å². The summed E-state index contributed by atoms with van der Waals surface area (Å²) in [6, 6.07) is 7.27. The first kappa shape index (κ1) is 8.26. The minimum Gasteiger partial charge on any atom is -0.267 e. The van der Waals surface area contributed by atoms with E-state index in [-0.39, 0.29) is 5.56 Å². The third kappa shape index (κ3) is 1.31. The van der Waals surface area contributed by atoms with Gasteiger partial charge in [-0.15, -0.1) is 11.6 Å². The lowest BCUT2D eigenvalue weighted by Crippen LogP contribution is -2.10. The minimum atomic E-state index is -0.176. The number of rotatable bonds is 1. The van der Waals surface area contributed by atoms with E-state index < -0.39 is 0 Å². The Hall–Kier alpha value is -1.35. The minimum absolute atomic E-state index is 0.176. The van der Waals surface area contributed by atoms with Gasteiger partial charge in [0.15, 0.2) is 0 Å². The summed E-state index contributed by atoms with van der Waals surface area (Å²) in [6.07, 6.45) is 0. The summed E-state index contributed by atoms with van der Waals surface area (Å²) in [4.78, 5) is 11.3. The van der Waals surface area contributed by atoms with E-state index in [1.165, 1.54) is 0 Å². The number of nitrogens with one attached hydrogen (secondary N) is 1. The summed E-state index contributed by atoms with van der Waals surface area (Å²) in [5.74, 6) is 0.303. The summed E-state index contributed by atoms with van der Waals surface area (Å²) in [6.45, 7) is 0. The number of halogens is 1. The quantitative estimate of drug-likeness (QED) is 0.702. The van der Waals surface area contributed by atoms with Crippen molar-refractivity contribution >= 4 is 22.4 Å². The van der Waals surface area contributed by atoms with Crippen molar-refractivity contribution in [1.82, 2.24) is 10.2 Å². The van der Waals surface area contributed by atoms with E-state index in [1.807, 2.05) is 18.2 Å². The Labute approximate surface area is 79.4 Å². The van der Waals surface area contributed by atoms with Crippen LogP contribution in [0, 0.1) is 0 Å². The maximum atomic E-state index is 11.3. The molecule has 1 aromatic heterocycles. The highest BCUT2D eigenvalue weighted by Crippen LogP contribution is 2.13. The van der Waals surface area contributed by atoms with Crippen molar-refractivity contribution in [3.8, 4) is 0 Å². The number of fused-ring (bicyclic) bond motifs is 1. The summed E-state index contributed by atoms with van der Waals surface area (Å²) < 4.78 is 0. The third-order valence-corrected chi connectivity index (χ3v) is 2.15. The van der Waals surface area contributed by atoms with E-state index in [1.54, 1.807) is 6.07 Å². The Bertz CT molecular complexity index is 492. The second-order valence-corrected chi connectivity index (χ2v) is 2.95. The highest BCUT2D eigenvalue weighted by Gasteiger charge is 2.03. The number of H-pyrrole nitrogens is 1. The fraction of sp³-hybridized carbons (Fsp3) is 0.111. The first-order valence-electron chi connectivity index (χ1n) is 3.85. The van der Waals surface area contributed by atoms with Crippen LogP contribution in [-0.2, 0) is 5.88 Å². The van der Waals surface area contributed by atoms with Crippen LogP contribution >= 0.6 is 11.6 Å². The Kier molecular flexibility index (Phi) is 2.02. The van der Waals surface area contributed by atoms with Crippen LogP contribution in [-0.4, -0.2) is 10.2 Å². The molecule has 0 aliphatic heterocycles. The SMILES string of the molecule is O=c1[nH]nc(CCl)c2ccccc12. The summed E-state index contributed by atoms with van der Waals surface area (Å²) in [7, 11) is 0. The van der Waals surface area contributed by atoms with Crippen LogP contribution in [0.3, 0.4) is 0 Å². The van der Waals surface area contributed by atoms with Crippen LogP contribution in [0.25, 0.3) is 10.8 Å². The maximum Gasteiger partial charge on any atom is 0.272 e. The fourth-order valence-electron chi connectivity index (χ4n) is 1.27. The van der Waals surface area contributed by atoms with Crippen molar-refractivity contribution in [3.63, 3.8) is 0 Å². The molecule has 1 N–H and O–H groups in total. The van der Waals surface area contributed by atoms with Gasteiger partial charge in [0.1, 0.15) is 0 Å². The standard InChI is InChI=1S/C9H7ClN2O/c10-5-8-6-3-1-2-4-7(6)9(13)12-11-8/h1-4H,5H2,(H,12,13). The van der Waals surface area contributed by atoms with Gasteiger partial charge in [0.25, 0.3) is 5.56 Å². The fourth-order valence-corrected chi connectivity index (χ4v) is 1.48. The Balaban J connectivity index is 2.93. The van der Waals surface area contributed by atoms with Gasteiger partial charge in [-0.2, -0.15) is 5.10 Å². The molecule has 2 rings (SSSR count). The smallest absolute Gasteiger partial charge is 0.267 e. The van der Waals surface area contributed by atoms with Gasteiger partial charge in [-0.1, -0.05) is 18.2 Å². The molecule has 0 unspecified atom stereocenters. The van der Waals surface area contributed by atoms with Gasteiger partial charge in [-0.3, -0.25) is 4.79 Å². The van der Waals surface area contributed by atoms with Crippen molar-refractivity contribution in [2.24, 2.45) is 0 Å². The molecule has 0 spiro atoms. The number of benzene rings is 1. The number of aromatic amines is 1. The lowest BCUT2D eigenvalue weighted by atomic mass is 10.1. The van der Waals surface area contributed by atoms with Crippen molar-refractivity contribution in [2.45, 2.75) is 5.88 Å². The largest absolute Gasteiger partial charge is 0.272 e. The molecule has 13 heavy (non-hydrogen) atoms. The van der Waals surface area contributed by atoms with Gasteiger partial charge >= 0.3 is 0 Å². The Morgan fingerprint density at radius 1 is 1.31 bits per heavy atom. The lowest BCUT2D eigenvalue weighted by Gasteiger charge is -1.99. The second-order valence-electron chi connectivity index (χ2n) is 2.68. The van der Waals surface area contributed by atoms with Crippen molar-refractivity contribution in [3.05, 3.63) is 40.3 Å². The summed E-state index contributed by atoms with van der Waals surface area (Å²) >= 11 is 5.67. The molecule has 0 radical (unpaired) electrons. The molecule has 2 aromatic rings. The monoisotopic (exact) mass is 194 g/mol. The van der Waals surface area contributed by atoms with Gasteiger partial charge < -0.3 is 0 Å². The molecule has 0 saturated carbocycles. The zero-order valence-electron chi connectivity index (χ0n) is 6.75. The predicted octanol–water partition coefficient (Wildman–Crippen LogP) is 1.66. The van der Waals surface area contributed by atoms with Crippen LogP contribution < -0.4 is 5.56 Å². The topological polar surface area (TPSA) is 45.8 Å². The number of hydrogen-bond donors (Lipinski definition) is 1. The molecular formula is C9H7ClN2O. The van der Waals surface area contributed by atoms with Crippen molar-refractivity contribution in [1.29, 1.82) is 0 Å². The summed E-state index contributed by atoms with van der Waals surface area (Å²) in [5, 5.41) is 7.71. The highest BCUT2D eigenvalue weighted by atomic mass is 35.5. The molecule has 0 fully saturated rings. The molecule has 0 aliphatic carbocycles. The van der Waals surface area contributed by atoms with E-state index in [2.05, 4.69) is 10.2 Å². The van der Waals surface area contributed by atoms with Crippen LogP contribution in [0.2, 0.25) is 0 Å². The maximum absolute atomic E-state index is 11.3. The van der Waals surface area contributed by atoms with Crippen LogP contribution in [0.5, 0.6) is 0 Å². The third-order valence-electron chi connectivity index (χ3n) is 1.90. The number of alkyl halides is 1. The molecule has 3 nitrogen and oxygen atoms in total. The van der Waals surface area contributed by atoms with E-state index in [0.29, 0.717) is 17.0 Å². The van der Waals surface area contributed by atoms with E-state index in [4.69, 9.17) is 11.6 Å². The van der Waals surface area contributed by atoms with Gasteiger partial charge in [0.2, 0.25) is 0 Å². The van der Waals surface area contributed by atoms with Gasteiger partial charge in [0.05, 0.1) is 17.0 Å². The Morgan fingerprint density at radius 3 is 2.69 bits per heavy atom.